The Morgan fingerprint density at radius 3 is 2.56 bits per heavy atom. The summed E-state index contributed by atoms with van der Waals surface area (Å²) in [5, 5.41) is 1.28. The fourth-order valence-corrected chi connectivity index (χ4v) is 3.03. The molecule has 0 radical (unpaired) electrons. The summed E-state index contributed by atoms with van der Waals surface area (Å²) in [6, 6.07) is 8.89. The molecule has 0 saturated heterocycles. The predicted molar refractivity (Wildman–Crippen MR) is 76.1 cm³/mol. The van der Waals surface area contributed by atoms with Crippen LogP contribution < -0.4 is 0 Å². The number of fused-ring (bicyclic) bond motifs is 1. The monoisotopic (exact) mass is 242 g/mol. The summed E-state index contributed by atoms with van der Waals surface area (Å²) in [7, 11) is 0. The molecule has 96 valence electrons. The fourth-order valence-electron chi connectivity index (χ4n) is 3.03. The molecule has 0 spiro atoms. The van der Waals surface area contributed by atoms with Gasteiger partial charge in [-0.3, -0.25) is 0 Å². The van der Waals surface area contributed by atoms with Gasteiger partial charge in [0.2, 0.25) is 0 Å². The van der Waals surface area contributed by atoms with Gasteiger partial charge in [-0.05, 0) is 42.5 Å². The molecule has 0 amide bonds. The molecule has 1 aliphatic carbocycles. The van der Waals surface area contributed by atoms with Crippen molar-refractivity contribution in [3.8, 4) is 0 Å². The second-order valence-electron chi connectivity index (χ2n) is 5.94. The van der Waals surface area contributed by atoms with Crippen LogP contribution in [0.3, 0.4) is 0 Å². The van der Waals surface area contributed by atoms with Crippen molar-refractivity contribution in [3.05, 3.63) is 35.6 Å². The van der Waals surface area contributed by atoms with Gasteiger partial charge in [-0.25, -0.2) is 0 Å². The van der Waals surface area contributed by atoms with Gasteiger partial charge in [-0.1, -0.05) is 39.2 Å². The van der Waals surface area contributed by atoms with Crippen LogP contribution in [0, 0.1) is 0 Å². The van der Waals surface area contributed by atoms with Gasteiger partial charge in [0.15, 0.2) is 0 Å². The van der Waals surface area contributed by atoms with Gasteiger partial charge in [0.05, 0.1) is 0 Å². The minimum Gasteiger partial charge on any atom is -0.461 e. The molecule has 0 atom stereocenters. The van der Waals surface area contributed by atoms with Crippen molar-refractivity contribution in [2.24, 2.45) is 0 Å². The topological polar surface area (TPSA) is 13.1 Å². The first-order valence-corrected chi connectivity index (χ1v) is 7.27. The molecule has 2 aromatic rings. The Morgan fingerprint density at radius 2 is 1.83 bits per heavy atom. The standard InChI is InChI=1S/C17H22O/c1-12(2)14-8-9-16-15(10-14)11-17(18-16)13-6-4-3-5-7-13/h8-13H,3-7H2,1-2H3. The SMILES string of the molecule is CC(C)c1ccc2oc(C3CCCCC3)cc2c1. The third kappa shape index (κ3) is 2.19. The molecule has 18 heavy (non-hydrogen) atoms. The molecule has 0 aliphatic heterocycles. The largest absolute Gasteiger partial charge is 0.461 e. The maximum absolute atomic E-state index is 6.04. The van der Waals surface area contributed by atoms with Crippen LogP contribution in [-0.2, 0) is 0 Å². The molecular formula is C17H22O. The van der Waals surface area contributed by atoms with Crippen LogP contribution in [0.4, 0.5) is 0 Å². The van der Waals surface area contributed by atoms with E-state index >= 15 is 0 Å². The highest BCUT2D eigenvalue weighted by molar-refractivity contribution is 5.79. The Bertz CT molecular complexity index is 530. The van der Waals surface area contributed by atoms with Crippen LogP contribution in [0.5, 0.6) is 0 Å². The van der Waals surface area contributed by atoms with E-state index in [2.05, 4.69) is 38.1 Å². The van der Waals surface area contributed by atoms with Crippen molar-refractivity contribution in [2.75, 3.05) is 0 Å². The molecule has 1 heteroatoms. The van der Waals surface area contributed by atoms with E-state index in [-0.39, 0.29) is 0 Å². The molecule has 1 aliphatic rings. The Hall–Kier alpha value is -1.24. The average molecular weight is 242 g/mol. The average Bonchev–Trinajstić information content (AvgIpc) is 2.82. The molecule has 1 saturated carbocycles. The van der Waals surface area contributed by atoms with E-state index < -0.39 is 0 Å². The second kappa shape index (κ2) is 4.79. The van der Waals surface area contributed by atoms with Crippen molar-refractivity contribution >= 4 is 11.0 Å². The summed E-state index contributed by atoms with van der Waals surface area (Å²) in [6.45, 7) is 4.48. The first-order chi connectivity index (χ1) is 8.74. The van der Waals surface area contributed by atoms with Crippen molar-refractivity contribution < 1.29 is 4.42 Å². The van der Waals surface area contributed by atoms with Crippen LogP contribution in [0.2, 0.25) is 0 Å². The summed E-state index contributed by atoms with van der Waals surface area (Å²) in [4.78, 5) is 0. The van der Waals surface area contributed by atoms with E-state index in [0.717, 1.165) is 5.58 Å². The van der Waals surface area contributed by atoms with Gasteiger partial charge in [0.25, 0.3) is 0 Å². The van der Waals surface area contributed by atoms with Crippen molar-refractivity contribution in [1.29, 1.82) is 0 Å². The highest BCUT2D eigenvalue weighted by atomic mass is 16.3. The first kappa shape index (κ1) is 11.8. The maximum Gasteiger partial charge on any atom is 0.134 e. The van der Waals surface area contributed by atoms with E-state index in [1.807, 2.05) is 0 Å². The highest BCUT2D eigenvalue weighted by Gasteiger charge is 2.19. The van der Waals surface area contributed by atoms with Crippen molar-refractivity contribution in [1.82, 2.24) is 0 Å². The third-order valence-electron chi connectivity index (χ3n) is 4.23. The van der Waals surface area contributed by atoms with E-state index in [1.165, 1.54) is 48.8 Å². The van der Waals surface area contributed by atoms with Crippen molar-refractivity contribution in [2.45, 2.75) is 57.8 Å². The molecule has 3 rings (SSSR count). The Kier molecular flexibility index (Phi) is 3.15. The van der Waals surface area contributed by atoms with Gasteiger partial charge < -0.3 is 4.42 Å². The van der Waals surface area contributed by atoms with Gasteiger partial charge in [-0.15, -0.1) is 0 Å². The number of hydrogen-bond donors (Lipinski definition) is 0. The zero-order valence-corrected chi connectivity index (χ0v) is 11.4. The summed E-state index contributed by atoms with van der Waals surface area (Å²) >= 11 is 0. The lowest BCUT2D eigenvalue weighted by Gasteiger charge is -2.18. The van der Waals surface area contributed by atoms with Crippen LogP contribution >= 0.6 is 0 Å². The molecule has 0 unspecified atom stereocenters. The Labute approximate surface area is 109 Å². The van der Waals surface area contributed by atoms with Gasteiger partial charge >= 0.3 is 0 Å². The second-order valence-corrected chi connectivity index (χ2v) is 5.94. The third-order valence-corrected chi connectivity index (χ3v) is 4.23. The van der Waals surface area contributed by atoms with E-state index in [4.69, 9.17) is 4.42 Å². The number of rotatable bonds is 2. The molecule has 1 aromatic carbocycles. The van der Waals surface area contributed by atoms with Crippen LogP contribution in [0.1, 0.15) is 69.1 Å². The summed E-state index contributed by atoms with van der Waals surface area (Å²) in [6.07, 6.45) is 6.72. The summed E-state index contributed by atoms with van der Waals surface area (Å²) in [5.74, 6) is 2.46. The van der Waals surface area contributed by atoms with E-state index in [0.29, 0.717) is 11.8 Å². The lowest BCUT2D eigenvalue weighted by molar-refractivity contribution is 0.385. The van der Waals surface area contributed by atoms with Gasteiger partial charge in [0.1, 0.15) is 11.3 Å². The molecule has 1 aromatic heterocycles. The fraction of sp³-hybridized carbons (Fsp3) is 0.529. The van der Waals surface area contributed by atoms with Crippen LogP contribution in [0.25, 0.3) is 11.0 Å². The van der Waals surface area contributed by atoms with Gasteiger partial charge in [0, 0.05) is 11.3 Å². The minimum atomic E-state index is 0.586. The first-order valence-electron chi connectivity index (χ1n) is 7.27. The molecule has 1 heterocycles. The lowest BCUT2D eigenvalue weighted by atomic mass is 9.87. The normalized spacial score (nSPS) is 17.7. The predicted octanol–water partition coefficient (Wildman–Crippen LogP) is 5.60. The number of hydrogen-bond acceptors (Lipinski definition) is 1. The zero-order valence-electron chi connectivity index (χ0n) is 11.4. The lowest BCUT2D eigenvalue weighted by Crippen LogP contribution is -2.02. The molecule has 1 fully saturated rings. The Balaban J connectivity index is 1.94. The van der Waals surface area contributed by atoms with Crippen molar-refractivity contribution in [3.63, 3.8) is 0 Å². The smallest absolute Gasteiger partial charge is 0.134 e. The van der Waals surface area contributed by atoms with Crippen LogP contribution in [0.15, 0.2) is 28.7 Å². The molecular weight excluding hydrogens is 220 g/mol. The summed E-state index contributed by atoms with van der Waals surface area (Å²) in [5.41, 5.74) is 2.46. The summed E-state index contributed by atoms with van der Waals surface area (Å²) < 4.78 is 6.04. The number of furan rings is 1. The number of benzene rings is 1. The van der Waals surface area contributed by atoms with E-state index in [1.54, 1.807) is 0 Å². The maximum atomic E-state index is 6.04. The highest BCUT2D eigenvalue weighted by Crippen LogP contribution is 2.36. The zero-order chi connectivity index (χ0) is 12.5. The minimum absolute atomic E-state index is 0.586. The molecule has 1 nitrogen and oxygen atoms in total. The molecule has 0 N–H and O–H groups in total. The van der Waals surface area contributed by atoms with Gasteiger partial charge in [-0.2, -0.15) is 0 Å². The Morgan fingerprint density at radius 1 is 1.06 bits per heavy atom. The quantitative estimate of drug-likeness (QED) is 0.667. The van der Waals surface area contributed by atoms with Crippen LogP contribution in [-0.4, -0.2) is 0 Å². The molecule has 0 bridgehead atoms. The van der Waals surface area contributed by atoms with E-state index in [9.17, 15) is 0 Å².